The molecule has 0 heterocycles. The fourth-order valence-electron chi connectivity index (χ4n) is 1.59. The third-order valence-corrected chi connectivity index (χ3v) is 4.88. The molecule has 0 aliphatic carbocycles. The molecule has 0 aliphatic rings. The Balaban J connectivity index is 2.25. The van der Waals surface area contributed by atoms with Crippen molar-refractivity contribution >= 4 is 50.1 Å². The predicted molar refractivity (Wildman–Crippen MR) is 85.9 cm³/mol. The van der Waals surface area contributed by atoms with Crippen LogP contribution in [0.1, 0.15) is 15.9 Å². The molecule has 0 saturated carbocycles. The average molecular weight is 434 g/mol. The number of halogens is 3. The Labute approximate surface area is 132 Å². The van der Waals surface area contributed by atoms with Crippen LogP contribution in [0, 0.1) is 16.3 Å². The number of rotatable bonds is 2. The van der Waals surface area contributed by atoms with E-state index >= 15 is 0 Å². The van der Waals surface area contributed by atoms with E-state index < -0.39 is 11.7 Å². The molecule has 2 aromatic rings. The number of carbonyl (C=O) groups excluding carboxylic acids is 1. The van der Waals surface area contributed by atoms with Gasteiger partial charge in [0, 0.05) is 13.7 Å². The molecule has 0 bridgehead atoms. The third-order valence-electron chi connectivity index (χ3n) is 2.54. The molecule has 0 radical (unpaired) electrons. The Kier molecular flexibility index (Phi) is 4.57. The van der Waals surface area contributed by atoms with Gasteiger partial charge in [0.15, 0.2) is 0 Å². The van der Waals surface area contributed by atoms with Crippen molar-refractivity contribution in [3.8, 4) is 0 Å². The smallest absolute Gasteiger partial charge is 0.258 e. The molecule has 0 spiro atoms. The molecule has 5 heteroatoms. The van der Waals surface area contributed by atoms with Gasteiger partial charge in [0.1, 0.15) is 5.82 Å². The van der Waals surface area contributed by atoms with Crippen LogP contribution in [-0.2, 0) is 0 Å². The first-order valence-corrected chi connectivity index (χ1v) is 7.37. The van der Waals surface area contributed by atoms with E-state index in [9.17, 15) is 9.18 Å². The summed E-state index contributed by atoms with van der Waals surface area (Å²) in [6, 6.07) is 9.90. The van der Waals surface area contributed by atoms with Gasteiger partial charge in [0.2, 0.25) is 0 Å². The first-order chi connectivity index (χ1) is 8.97. The summed E-state index contributed by atoms with van der Waals surface area (Å²) in [7, 11) is 0. The topological polar surface area (TPSA) is 29.1 Å². The second-order valence-corrected chi connectivity index (χ2v) is 6.08. The minimum Gasteiger partial charge on any atom is -0.322 e. The Morgan fingerprint density at radius 2 is 2.00 bits per heavy atom. The average Bonchev–Trinajstić information content (AvgIpc) is 2.36. The number of anilines is 1. The molecular formula is C14H10BrFINO. The van der Waals surface area contributed by atoms with E-state index in [1.807, 2.05) is 13.0 Å². The maximum Gasteiger partial charge on any atom is 0.258 e. The highest BCUT2D eigenvalue weighted by Gasteiger charge is 2.12. The SMILES string of the molecule is Cc1ccc(F)c(C(=O)Nc2ccc(I)c(Br)c2)c1. The zero-order chi connectivity index (χ0) is 14.0. The molecule has 1 amide bonds. The van der Waals surface area contributed by atoms with Gasteiger partial charge >= 0.3 is 0 Å². The standard InChI is InChI=1S/C14H10BrFINO/c1-8-2-4-12(16)10(6-8)14(19)18-9-3-5-13(17)11(15)7-9/h2-7H,1H3,(H,18,19). The summed E-state index contributed by atoms with van der Waals surface area (Å²) < 4.78 is 15.5. The molecule has 98 valence electrons. The monoisotopic (exact) mass is 433 g/mol. The lowest BCUT2D eigenvalue weighted by molar-refractivity contribution is 0.102. The highest BCUT2D eigenvalue weighted by atomic mass is 127. The van der Waals surface area contributed by atoms with Crippen LogP contribution >= 0.6 is 38.5 Å². The van der Waals surface area contributed by atoms with E-state index in [0.29, 0.717) is 5.69 Å². The summed E-state index contributed by atoms with van der Waals surface area (Å²) in [5, 5.41) is 2.68. The predicted octanol–water partition coefficient (Wildman–Crippen LogP) is 4.75. The number of amides is 1. The van der Waals surface area contributed by atoms with Crippen molar-refractivity contribution in [2.24, 2.45) is 0 Å². The summed E-state index contributed by atoms with van der Waals surface area (Å²) in [6.07, 6.45) is 0. The Morgan fingerprint density at radius 1 is 1.26 bits per heavy atom. The minimum atomic E-state index is -0.521. The lowest BCUT2D eigenvalue weighted by Gasteiger charge is -2.08. The highest BCUT2D eigenvalue weighted by molar-refractivity contribution is 14.1. The van der Waals surface area contributed by atoms with Crippen LogP contribution in [0.5, 0.6) is 0 Å². The molecule has 0 atom stereocenters. The van der Waals surface area contributed by atoms with E-state index in [1.165, 1.54) is 12.1 Å². The molecule has 0 fully saturated rings. The van der Waals surface area contributed by atoms with E-state index in [1.54, 1.807) is 18.2 Å². The van der Waals surface area contributed by atoms with Gasteiger partial charge in [-0.25, -0.2) is 4.39 Å². The van der Waals surface area contributed by atoms with Crippen LogP contribution in [0.4, 0.5) is 10.1 Å². The van der Waals surface area contributed by atoms with Gasteiger partial charge < -0.3 is 5.32 Å². The lowest BCUT2D eigenvalue weighted by Crippen LogP contribution is -2.14. The Bertz CT molecular complexity index is 645. The molecule has 2 nitrogen and oxygen atoms in total. The summed E-state index contributed by atoms with van der Waals surface area (Å²) in [6.45, 7) is 1.82. The molecule has 2 rings (SSSR count). The molecule has 1 N–H and O–H groups in total. The molecule has 0 aromatic heterocycles. The third kappa shape index (κ3) is 3.54. The molecule has 2 aromatic carbocycles. The molecule has 0 unspecified atom stereocenters. The van der Waals surface area contributed by atoms with Gasteiger partial charge in [-0.15, -0.1) is 0 Å². The Hall–Kier alpha value is -0.950. The zero-order valence-corrected chi connectivity index (χ0v) is 13.7. The quantitative estimate of drug-likeness (QED) is 0.680. The van der Waals surface area contributed by atoms with Crippen molar-refractivity contribution < 1.29 is 9.18 Å². The van der Waals surface area contributed by atoms with E-state index in [-0.39, 0.29) is 5.56 Å². The number of hydrogen-bond acceptors (Lipinski definition) is 1. The fourth-order valence-corrected chi connectivity index (χ4v) is 2.30. The van der Waals surface area contributed by atoms with Crippen LogP contribution < -0.4 is 5.32 Å². The first kappa shape index (κ1) is 14.5. The maximum absolute atomic E-state index is 13.6. The van der Waals surface area contributed by atoms with Gasteiger partial charge in [-0.2, -0.15) is 0 Å². The number of carbonyl (C=O) groups is 1. The van der Waals surface area contributed by atoms with Gasteiger partial charge in [0.25, 0.3) is 5.91 Å². The Morgan fingerprint density at radius 3 is 2.68 bits per heavy atom. The van der Waals surface area contributed by atoms with Crippen LogP contribution in [-0.4, -0.2) is 5.91 Å². The number of benzene rings is 2. The maximum atomic E-state index is 13.6. The molecule has 0 saturated heterocycles. The van der Waals surface area contributed by atoms with Crippen LogP contribution in [0.2, 0.25) is 0 Å². The number of hydrogen-bond donors (Lipinski definition) is 1. The second kappa shape index (κ2) is 6.00. The zero-order valence-electron chi connectivity index (χ0n) is 10.0. The highest BCUT2D eigenvalue weighted by Crippen LogP contribution is 2.23. The summed E-state index contributed by atoms with van der Waals surface area (Å²) in [4.78, 5) is 12.0. The van der Waals surface area contributed by atoms with Crippen molar-refractivity contribution in [1.82, 2.24) is 0 Å². The largest absolute Gasteiger partial charge is 0.322 e. The van der Waals surface area contributed by atoms with E-state index in [4.69, 9.17) is 0 Å². The minimum absolute atomic E-state index is 0.0506. The van der Waals surface area contributed by atoms with Crippen LogP contribution in [0.15, 0.2) is 40.9 Å². The van der Waals surface area contributed by atoms with Gasteiger partial charge in [-0.3, -0.25) is 4.79 Å². The molecule has 19 heavy (non-hydrogen) atoms. The van der Waals surface area contributed by atoms with Gasteiger partial charge in [-0.1, -0.05) is 11.6 Å². The summed E-state index contributed by atoms with van der Waals surface area (Å²) in [5.74, 6) is -0.970. The lowest BCUT2D eigenvalue weighted by atomic mass is 10.1. The second-order valence-electron chi connectivity index (χ2n) is 4.07. The first-order valence-electron chi connectivity index (χ1n) is 5.50. The van der Waals surface area contributed by atoms with Gasteiger partial charge in [0.05, 0.1) is 5.56 Å². The van der Waals surface area contributed by atoms with E-state index in [2.05, 4.69) is 43.8 Å². The van der Waals surface area contributed by atoms with Crippen LogP contribution in [0.3, 0.4) is 0 Å². The fraction of sp³-hybridized carbons (Fsp3) is 0.0714. The van der Waals surface area contributed by atoms with Crippen molar-refractivity contribution in [2.45, 2.75) is 6.92 Å². The van der Waals surface area contributed by atoms with Gasteiger partial charge in [-0.05, 0) is 75.8 Å². The van der Waals surface area contributed by atoms with Crippen LogP contribution in [0.25, 0.3) is 0 Å². The molecular weight excluding hydrogens is 424 g/mol. The molecule has 0 aliphatic heterocycles. The number of aryl methyl sites for hydroxylation is 1. The van der Waals surface area contributed by atoms with Crippen molar-refractivity contribution in [3.63, 3.8) is 0 Å². The van der Waals surface area contributed by atoms with Crippen molar-refractivity contribution in [3.05, 3.63) is 61.4 Å². The van der Waals surface area contributed by atoms with Crippen molar-refractivity contribution in [2.75, 3.05) is 5.32 Å². The summed E-state index contributed by atoms with van der Waals surface area (Å²) in [5.41, 5.74) is 1.52. The van der Waals surface area contributed by atoms with Crippen molar-refractivity contribution in [1.29, 1.82) is 0 Å². The number of nitrogens with one attached hydrogen (secondary N) is 1. The van der Waals surface area contributed by atoms with E-state index in [0.717, 1.165) is 13.6 Å². The normalized spacial score (nSPS) is 10.3. The summed E-state index contributed by atoms with van der Waals surface area (Å²) >= 11 is 5.56.